The maximum atomic E-state index is 5.82. The molecule has 21 heavy (non-hydrogen) atoms. The van der Waals surface area contributed by atoms with Crippen LogP contribution in [-0.4, -0.2) is 37.4 Å². The Hall–Kier alpha value is -1.79. The van der Waals surface area contributed by atoms with E-state index in [4.69, 9.17) is 20.8 Å². The summed E-state index contributed by atoms with van der Waals surface area (Å²) in [6.45, 7) is 1.96. The van der Waals surface area contributed by atoms with E-state index >= 15 is 0 Å². The molecule has 1 aromatic heterocycles. The van der Waals surface area contributed by atoms with Gasteiger partial charge in [0.25, 0.3) is 0 Å². The summed E-state index contributed by atoms with van der Waals surface area (Å²) in [4.78, 5) is 1.91. The van der Waals surface area contributed by atoms with Crippen LogP contribution in [0, 0.1) is 0 Å². The van der Waals surface area contributed by atoms with Gasteiger partial charge in [0.05, 0.1) is 13.2 Å². The molecular weight excluding hydrogens is 292 g/mol. The zero-order chi connectivity index (χ0) is 15.1. The first-order valence-electron chi connectivity index (χ1n) is 6.75. The van der Waals surface area contributed by atoms with E-state index in [1.807, 2.05) is 43.3 Å². The van der Waals surface area contributed by atoms with Crippen LogP contribution >= 0.6 is 11.6 Å². The van der Waals surface area contributed by atoms with Crippen LogP contribution in [0.2, 0.25) is 5.02 Å². The van der Waals surface area contributed by atoms with Crippen LogP contribution in [-0.2, 0) is 6.54 Å². The van der Waals surface area contributed by atoms with E-state index in [0.29, 0.717) is 30.1 Å². The Balaban J connectivity index is 1.71. The fraction of sp³-hybridized carbons (Fsp3) is 0.429. The zero-order valence-electron chi connectivity index (χ0n) is 12.2. The highest BCUT2D eigenvalue weighted by Gasteiger charge is 2.09. The average Bonchev–Trinajstić information content (AvgIpc) is 2.94. The molecule has 0 saturated heterocycles. The summed E-state index contributed by atoms with van der Waals surface area (Å²) < 4.78 is 11.1. The van der Waals surface area contributed by atoms with Gasteiger partial charge in [-0.3, -0.25) is 0 Å². The first kappa shape index (κ1) is 15.6. The molecule has 0 aliphatic rings. The van der Waals surface area contributed by atoms with Crippen molar-refractivity contribution in [1.82, 2.24) is 15.5 Å². The van der Waals surface area contributed by atoms with E-state index in [1.54, 1.807) is 0 Å². The van der Waals surface area contributed by atoms with Gasteiger partial charge in [-0.15, -0.1) is 5.10 Å². The standard InChI is InChI=1S/C14H19ClN4O2/c1-16-10-13-17-18-14(21-13)19(2)8-3-9-20-12-6-4-11(15)5-7-12/h4-7,16H,3,8-10H2,1-2H3. The van der Waals surface area contributed by atoms with Gasteiger partial charge in [-0.1, -0.05) is 16.7 Å². The molecule has 1 heterocycles. The second kappa shape index (κ2) is 7.85. The highest BCUT2D eigenvalue weighted by molar-refractivity contribution is 6.30. The normalized spacial score (nSPS) is 10.6. The average molecular weight is 311 g/mol. The molecule has 7 heteroatoms. The number of aromatic nitrogens is 2. The molecule has 114 valence electrons. The second-order valence-corrected chi connectivity index (χ2v) is 5.02. The van der Waals surface area contributed by atoms with Gasteiger partial charge >= 0.3 is 6.01 Å². The number of anilines is 1. The minimum atomic E-state index is 0.520. The first-order valence-corrected chi connectivity index (χ1v) is 7.13. The summed E-state index contributed by atoms with van der Waals surface area (Å²) in [5.41, 5.74) is 0. The quantitative estimate of drug-likeness (QED) is 0.755. The van der Waals surface area contributed by atoms with Crippen molar-refractivity contribution in [2.24, 2.45) is 0 Å². The molecule has 2 rings (SSSR count). The lowest BCUT2D eigenvalue weighted by Gasteiger charge is -2.13. The molecule has 0 fully saturated rings. The number of benzene rings is 1. The lowest BCUT2D eigenvalue weighted by molar-refractivity contribution is 0.311. The van der Waals surface area contributed by atoms with Gasteiger partial charge in [-0.2, -0.15) is 0 Å². The molecule has 0 aliphatic heterocycles. The van der Waals surface area contributed by atoms with E-state index in [0.717, 1.165) is 18.7 Å². The molecule has 1 N–H and O–H groups in total. The van der Waals surface area contributed by atoms with Gasteiger partial charge in [0.1, 0.15) is 5.75 Å². The monoisotopic (exact) mass is 310 g/mol. The Bertz CT molecular complexity index is 544. The SMILES string of the molecule is CNCc1nnc(N(C)CCCOc2ccc(Cl)cc2)o1. The maximum absolute atomic E-state index is 5.82. The van der Waals surface area contributed by atoms with E-state index in [2.05, 4.69) is 15.5 Å². The van der Waals surface area contributed by atoms with Crippen LogP contribution in [0.25, 0.3) is 0 Å². The van der Waals surface area contributed by atoms with Crippen LogP contribution < -0.4 is 15.0 Å². The van der Waals surface area contributed by atoms with E-state index < -0.39 is 0 Å². The Morgan fingerprint density at radius 2 is 2.05 bits per heavy atom. The predicted octanol–water partition coefficient (Wildman–Crippen LogP) is 2.35. The summed E-state index contributed by atoms with van der Waals surface area (Å²) in [5.74, 6) is 1.40. The van der Waals surface area contributed by atoms with Crippen molar-refractivity contribution in [2.45, 2.75) is 13.0 Å². The third kappa shape index (κ3) is 4.91. The molecular formula is C14H19ClN4O2. The highest BCUT2D eigenvalue weighted by Crippen LogP contribution is 2.16. The molecule has 0 amide bonds. The van der Waals surface area contributed by atoms with Gasteiger partial charge in [-0.25, -0.2) is 0 Å². The van der Waals surface area contributed by atoms with Crippen molar-refractivity contribution >= 4 is 17.6 Å². The highest BCUT2D eigenvalue weighted by atomic mass is 35.5. The van der Waals surface area contributed by atoms with Crippen LogP contribution in [0.1, 0.15) is 12.3 Å². The summed E-state index contributed by atoms with van der Waals surface area (Å²) in [7, 11) is 3.75. The molecule has 1 aromatic carbocycles. The van der Waals surface area contributed by atoms with E-state index in [1.165, 1.54) is 0 Å². The maximum Gasteiger partial charge on any atom is 0.317 e. The third-order valence-electron chi connectivity index (χ3n) is 2.83. The van der Waals surface area contributed by atoms with E-state index in [9.17, 15) is 0 Å². The van der Waals surface area contributed by atoms with Gasteiger partial charge in [0, 0.05) is 18.6 Å². The minimum absolute atomic E-state index is 0.520. The molecule has 0 spiro atoms. The Labute approximate surface area is 129 Å². The van der Waals surface area contributed by atoms with Crippen molar-refractivity contribution in [1.29, 1.82) is 0 Å². The summed E-state index contributed by atoms with van der Waals surface area (Å²) in [6, 6.07) is 7.85. The molecule has 2 aromatic rings. The lowest BCUT2D eigenvalue weighted by atomic mass is 10.3. The Kier molecular flexibility index (Phi) is 5.83. The Morgan fingerprint density at radius 3 is 2.76 bits per heavy atom. The molecule has 0 unspecified atom stereocenters. The van der Waals surface area contributed by atoms with Crippen LogP contribution in [0.15, 0.2) is 28.7 Å². The number of ether oxygens (including phenoxy) is 1. The zero-order valence-corrected chi connectivity index (χ0v) is 12.9. The molecule has 6 nitrogen and oxygen atoms in total. The van der Waals surface area contributed by atoms with Crippen molar-refractivity contribution in [2.75, 3.05) is 32.1 Å². The van der Waals surface area contributed by atoms with Crippen molar-refractivity contribution in [3.05, 3.63) is 35.2 Å². The van der Waals surface area contributed by atoms with Crippen LogP contribution in [0.3, 0.4) is 0 Å². The van der Waals surface area contributed by atoms with Crippen LogP contribution in [0.4, 0.5) is 6.01 Å². The fourth-order valence-corrected chi connectivity index (χ4v) is 1.87. The van der Waals surface area contributed by atoms with Crippen molar-refractivity contribution in [3.8, 4) is 5.75 Å². The molecule has 0 aliphatic carbocycles. The summed E-state index contributed by atoms with van der Waals surface area (Å²) >= 11 is 5.82. The number of halogens is 1. The summed E-state index contributed by atoms with van der Waals surface area (Å²) in [5, 5.41) is 11.6. The van der Waals surface area contributed by atoms with Gasteiger partial charge in [-0.05, 0) is 37.7 Å². The predicted molar refractivity (Wildman–Crippen MR) is 81.9 cm³/mol. The summed E-state index contributed by atoms with van der Waals surface area (Å²) in [6.07, 6.45) is 0.850. The van der Waals surface area contributed by atoms with Gasteiger partial charge in [0.2, 0.25) is 5.89 Å². The van der Waals surface area contributed by atoms with Crippen molar-refractivity contribution in [3.63, 3.8) is 0 Å². The third-order valence-corrected chi connectivity index (χ3v) is 3.08. The molecule has 0 bridgehead atoms. The fourth-order valence-electron chi connectivity index (χ4n) is 1.74. The minimum Gasteiger partial charge on any atom is -0.494 e. The van der Waals surface area contributed by atoms with E-state index in [-0.39, 0.29) is 0 Å². The number of hydrogen-bond acceptors (Lipinski definition) is 6. The lowest BCUT2D eigenvalue weighted by Crippen LogP contribution is -2.20. The smallest absolute Gasteiger partial charge is 0.317 e. The number of hydrogen-bond donors (Lipinski definition) is 1. The largest absolute Gasteiger partial charge is 0.494 e. The number of rotatable bonds is 8. The van der Waals surface area contributed by atoms with Crippen molar-refractivity contribution < 1.29 is 9.15 Å². The molecule has 0 saturated carbocycles. The Morgan fingerprint density at radius 1 is 1.29 bits per heavy atom. The van der Waals surface area contributed by atoms with Crippen LogP contribution in [0.5, 0.6) is 5.75 Å². The topological polar surface area (TPSA) is 63.4 Å². The van der Waals surface area contributed by atoms with Gasteiger partial charge < -0.3 is 19.4 Å². The van der Waals surface area contributed by atoms with Gasteiger partial charge in [0.15, 0.2) is 0 Å². The molecule has 0 radical (unpaired) electrons. The number of nitrogens with one attached hydrogen (secondary N) is 1. The number of nitrogens with zero attached hydrogens (tertiary/aromatic N) is 3. The second-order valence-electron chi connectivity index (χ2n) is 4.59. The first-order chi connectivity index (χ1) is 10.2. The molecule has 0 atom stereocenters.